The van der Waals surface area contributed by atoms with Crippen LogP contribution in [-0.2, 0) is 0 Å². The Labute approximate surface area is 125 Å². The Kier molecular flexibility index (Phi) is 5.20. The Morgan fingerprint density at radius 2 is 1.67 bits per heavy atom. The summed E-state index contributed by atoms with van der Waals surface area (Å²) >= 11 is 0. The second-order valence-electron chi connectivity index (χ2n) is 5.05. The van der Waals surface area contributed by atoms with E-state index in [1.54, 1.807) is 6.92 Å². The van der Waals surface area contributed by atoms with Crippen molar-refractivity contribution < 1.29 is 14.3 Å². The first kappa shape index (κ1) is 15.4. The summed E-state index contributed by atoms with van der Waals surface area (Å²) in [7, 11) is 0. The van der Waals surface area contributed by atoms with Gasteiger partial charge in [0.2, 0.25) is 0 Å². The lowest BCUT2D eigenvalue weighted by Crippen LogP contribution is -2.03. The van der Waals surface area contributed by atoms with Gasteiger partial charge in [-0.05, 0) is 38.0 Å². The minimum absolute atomic E-state index is 0.0166. The van der Waals surface area contributed by atoms with Gasteiger partial charge in [0, 0.05) is 10.8 Å². The van der Waals surface area contributed by atoms with Gasteiger partial charge >= 0.3 is 0 Å². The molecule has 0 bridgehead atoms. The molecule has 0 amide bonds. The van der Waals surface area contributed by atoms with Crippen LogP contribution in [-0.4, -0.2) is 19.0 Å². The number of Topliss-reactive ketones (excluding diaryl/α,β-unsaturated/α-hetero) is 1. The summed E-state index contributed by atoms with van der Waals surface area (Å²) in [5.74, 6) is 1.53. The quantitative estimate of drug-likeness (QED) is 0.697. The summed E-state index contributed by atoms with van der Waals surface area (Å²) in [5, 5.41) is 1.92. The van der Waals surface area contributed by atoms with Gasteiger partial charge in [-0.15, -0.1) is 0 Å². The SMILES string of the molecule is CCCOc1cccc2c(OCCC)c(C(C)=O)ccc12. The summed E-state index contributed by atoms with van der Waals surface area (Å²) < 4.78 is 11.6. The Hall–Kier alpha value is -2.03. The van der Waals surface area contributed by atoms with E-state index in [-0.39, 0.29) is 5.78 Å². The lowest BCUT2D eigenvalue weighted by molar-refractivity contribution is 0.101. The zero-order valence-corrected chi connectivity index (χ0v) is 12.9. The Morgan fingerprint density at radius 3 is 2.33 bits per heavy atom. The van der Waals surface area contributed by atoms with Crippen LogP contribution in [0.2, 0.25) is 0 Å². The van der Waals surface area contributed by atoms with E-state index in [2.05, 4.69) is 6.92 Å². The molecule has 2 aromatic rings. The fourth-order valence-electron chi connectivity index (χ4n) is 2.28. The number of benzene rings is 2. The molecule has 0 spiro atoms. The number of carbonyl (C=O) groups is 1. The monoisotopic (exact) mass is 286 g/mol. The average molecular weight is 286 g/mol. The number of ether oxygens (including phenoxy) is 2. The van der Waals surface area contributed by atoms with E-state index in [0.717, 1.165) is 29.4 Å². The lowest BCUT2D eigenvalue weighted by Gasteiger charge is -2.15. The van der Waals surface area contributed by atoms with Crippen LogP contribution in [0, 0.1) is 0 Å². The predicted octanol–water partition coefficient (Wildman–Crippen LogP) is 4.62. The maximum atomic E-state index is 11.8. The molecule has 0 aliphatic rings. The smallest absolute Gasteiger partial charge is 0.163 e. The second kappa shape index (κ2) is 7.11. The molecular weight excluding hydrogens is 264 g/mol. The Bertz CT molecular complexity index is 632. The van der Waals surface area contributed by atoms with Gasteiger partial charge in [-0.2, -0.15) is 0 Å². The fraction of sp³-hybridized carbons (Fsp3) is 0.389. The molecule has 2 rings (SSSR count). The van der Waals surface area contributed by atoms with E-state index in [4.69, 9.17) is 9.47 Å². The van der Waals surface area contributed by atoms with Crippen LogP contribution >= 0.6 is 0 Å². The number of carbonyl (C=O) groups excluding carboxylic acids is 1. The Morgan fingerprint density at radius 1 is 0.952 bits per heavy atom. The van der Waals surface area contributed by atoms with Gasteiger partial charge in [0.1, 0.15) is 11.5 Å². The molecule has 0 N–H and O–H groups in total. The molecule has 0 atom stereocenters. The highest BCUT2D eigenvalue weighted by Gasteiger charge is 2.14. The molecule has 0 unspecified atom stereocenters. The summed E-state index contributed by atoms with van der Waals surface area (Å²) in [4.78, 5) is 11.8. The summed E-state index contributed by atoms with van der Waals surface area (Å²) in [6.45, 7) is 6.97. The van der Waals surface area contributed by atoms with E-state index < -0.39 is 0 Å². The predicted molar refractivity (Wildman–Crippen MR) is 85.5 cm³/mol. The van der Waals surface area contributed by atoms with Gasteiger partial charge in [-0.25, -0.2) is 0 Å². The third-order valence-corrected chi connectivity index (χ3v) is 3.26. The van der Waals surface area contributed by atoms with Crippen LogP contribution in [0.5, 0.6) is 11.5 Å². The fourth-order valence-corrected chi connectivity index (χ4v) is 2.28. The third kappa shape index (κ3) is 3.35. The molecule has 3 nitrogen and oxygen atoms in total. The van der Waals surface area contributed by atoms with E-state index in [1.807, 2.05) is 37.3 Å². The summed E-state index contributed by atoms with van der Waals surface area (Å²) in [6.07, 6.45) is 1.86. The van der Waals surface area contributed by atoms with Crippen molar-refractivity contribution in [3.63, 3.8) is 0 Å². The van der Waals surface area contributed by atoms with E-state index in [1.165, 1.54) is 0 Å². The Balaban J connectivity index is 2.57. The van der Waals surface area contributed by atoms with Gasteiger partial charge in [-0.1, -0.05) is 26.0 Å². The topological polar surface area (TPSA) is 35.5 Å². The number of fused-ring (bicyclic) bond motifs is 1. The van der Waals surface area contributed by atoms with Crippen molar-refractivity contribution in [2.75, 3.05) is 13.2 Å². The zero-order valence-electron chi connectivity index (χ0n) is 12.9. The number of hydrogen-bond acceptors (Lipinski definition) is 3. The van der Waals surface area contributed by atoms with Crippen LogP contribution in [0.15, 0.2) is 30.3 Å². The lowest BCUT2D eigenvalue weighted by atomic mass is 10.0. The highest BCUT2D eigenvalue weighted by atomic mass is 16.5. The van der Waals surface area contributed by atoms with Crippen LogP contribution in [0.3, 0.4) is 0 Å². The van der Waals surface area contributed by atoms with E-state index in [0.29, 0.717) is 24.5 Å². The minimum Gasteiger partial charge on any atom is -0.493 e. The van der Waals surface area contributed by atoms with Crippen molar-refractivity contribution in [1.29, 1.82) is 0 Å². The van der Waals surface area contributed by atoms with E-state index in [9.17, 15) is 4.79 Å². The first-order chi connectivity index (χ1) is 10.2. The number of hydrogen-bond donors (Lipinski definition) is 0. The first-order valence-electron chi connectivity index (χ1n) is 7.51. The van der Waals surface area contributed by atoms with Crippen LogP contribution < -0.4 is 9.47 Å². The molecule has 3 heteroatoms. The molecular formula is C18H22O3. The van der Waals surface area contributed by atoms with Crippen molar-refractivity contribution in [3.8, 4) is 11.5 Å². The largest absolute Gasteiger partial charge is 0.493 e. The van der Waals surface area contributed by atoms with Gasteiger partial charge in [-0.3, -0.25) is 4.79 Å². The molecule has 0 saturated heterocycles. The molecule has 0 aromatic heterocycles. The van der Waals surface area contributed by atoms with Crippen molar-refractivity contribution in [1.82, 2.24) is 0 Å². The van der Waals surface area contributed by atoms with Gasteiger partial charge in [0.25, 0.3) is 0 Å². The molecule has 21 heavy (non-hydrogen) atoms. The minimum atomic E-state index is 0.0166. The second-order valence-corrected chi connectivity index (χ2v) is 5.05. The maximum Gasteiger partial charge on any atom is 0.163 e. The zero-order chi connectivity index (χ0) is 15.2. The van der Waals surface area contributed by atoms with Gasteiger partial charge in [0.15, 0.2) is 5.78 Å². The molecule has 0 fully saturated rings. The van der Waals surface area contributed by atoms with Crippen molar-refractivity contribution in [3.05, 3.63) is 35.9 Å². The number of ketones is 1. The highest BCUT2D eigenvalue weighted by Crippen LogP contribution is 2.35. The van der Waals surface area contributed by atoms with Crippen molar-refractivity contribution in [2.45, 2.75) is 33.6 Å². The molecule has 0 heterocycles. The molecule has 112 valence electrons. The first-order valence-corrected chi connectivity index (χ1v) is 7.51. The highest BCUT2D eigenvalue weighted by molar-refractivity contribution is 6.05. The summed E-state index contributed by atoms with van der Waals surface area (Å²) in [6, 6.07) is 9.64. The maximum absolute atomic E-state index is 11.8. The standard InChI is InChI=1S/C18H22O3/c1-4-11-20-17-8-6-7-16-15(17)10-9-14(13(3)19)18(16)21-12-5-2/h6-10H,4-5,11-12H2,1-3H3. The molecule has 2 aromatic carbocycles. The van der Waals surface area contributed by atoms with Crippen LogP contribution in [0.25, 0.3) is 10.8 Å². The number of rotatable bonds is 7. The molecule has 0 aliphatic heterocycles. The molecule has 0 saturated carbocycles. The van der Waals surface area contributed by atoms with Crippen LogP contribution in [0.1, 0.15) is 44.0 Å². The average Bonchev–Trinajstić information content (AvgIpc) is 2.50. The van der Waals surface area contributed by atoms with Crippen molar-refractivity contribution >= 4 is 16.6 Å². The third-order valence-electron chi connectivity index (χ3n) is 3.26. The summed E-state index contributed by atoms with van der Waals surface area (Å²) in [5.41, 5.74) is 0.628. The normalized spacial score (nSPS) is 10.6. The van der Waals surface area contributed by atoms with Crippen LogP contribution in [0.4, 0.5) is 0 Å². The van der Waals surface area contributed by atoms with Gasteiger partial charge < -0.3 is 9.47 Å². The van der Waals surface area contributed by atoms with Crippen molar-refractivity contribution in [2.24, 2.45) is 0 Å². The van der Waals surface area contributed by atoms with E-state index >= 15 is 0 Å². The molecule has 0 aliphatic carbocycles. The molecule has 0 radical (unpaired) electrons. The van der Waals surface area contributed by atoms with Gasteiger partial charge in [0.05, 0.1) is 18.8 Å².